The molecular weight excluding hydrogens is 280 g/mol. The van der Waals surface area contributed by atoms with Crippen LogP contribution in [0.2, 0.25) is 0 Å². The van der Waals surface area contributed by atoms with E-state index in [2.05, 4.69) is 27.3 Å². The van der Waals surface area contributed by atoms with E-state index >= 15 is 0 Å². The second kappa shape index (κ2) is 6.19. The van der Waals surface area contributed by atoms with E-state index in [0.717, 1.165) is 31.9 Å². The number of rotatable bonds is 3. The average Bonchev–Trinajstić information content (AvgIpc) is 2.96. The van der Waals surface area contributed by atoms with Crippen LogP contribution in [0, 0.1) is 6.92 Å². The third kappa shape index (κ3) is 3.28. The van der Waals surface area contributed by atoms with Gasteiger partial charge in [0.2, 0.25) is 5.76 Å². The van der Waals surface area contributed by atoms with Crippen molar-refractivity contribution in [2.24, 2.45) is 0 Å². The SMILES string of the molecule is Cc1cc(C(=O)Nc2ccc(N3CCN(C)CC3)cc2)on1. The Hall–Kier alpha value is -2.34. The van der Waals surface area contributed by atoms with Crippen molar-refractivity contribution in [1.82, 2.24) is 10.1 Å². The predicted molar refractivity (Wildman–Crippen MR) is 85.3 cm³/mol. The number of carbonyl (C=O) groups excluding carboxylic acids is 1. The van der Waals surface area contributed by atoms with Crippen LogP contribution in [0.5, 0.6) is 0 Å². The zero-order valence-corrected chi connectivity index (χ0v) is 12.9. The normalized spacial score (nSPS) is 15.8. The third-order valence-electron chi connectivity index (χ3n) is 3.85. The Morgan fingerprint density at radius 1 is 1.18 bits per heavy atom. The summed E-state index contributed by atoms with van der Waals surface area (Å²) < 4.78 is 4.95. The molecule has 1 N–H and O–H groups in total. The molecule has 1 aromatic heterocycles. The fourth-order valence-electron chi connectivity index (χ4n) is 2.48. The second-order valence-electron chi connectivity index (χ2n) is 5.62. The first-order valence-electron chi connectivity index (χ1n) is 7.40. The molecule has 2 aromatic rings. The lowest BCUT2D eigenvalue weighted by Crippen LogP contribution is -2.44. The highest BCUT2D eigenvalue weighted by Gasteiger charge is 2.15. The van der Waals surface area contributed by atoms with Crippen molar-refractivity contribution in [3.63, 3.8) is 0 Å². The van der Waals surface area contributed by atoms with E-state index in [9.17, 15) is 4.79 Å². The Balaban J connectivity index is 1.63. The van der Waals surface area contributed by atoms with Gasteiger partial charge in [-0.25, -0.2) is 0 Å². The van der Waals surface area contributed by atoms with Gasteiger partial charge in [0.1, 0.15) is 0 Å². The molecule has 0 radical (unpaired) electrons. The lowest BCUT2D eigenvalue weighted by molar-refractivity contribution is 0.0988. The molecule has 0 spiro atoms. The lowest BCUT2D eigenvalue weighted by atomic mass is 10.2. The number of carbonyl (C=O) groups is 1. The number of aryl methyl sites for hydroxylation is 1. The summed E-state index contributed by atoms with van der Waals surface area (Å²) in [5.74, 6) is -0.0615. The predicted octanol–water partition coefficient (Wildman–Crippen LogP) is 1.99. The molecule has 1 fully saturated rings. The molecule has 1 aliphatic heterocycles. The maximum Gasteiger partial charge on any atom is 0.294 e. The molecule has 6 heteroatoms. The first-order valence-corrected chi connectivity index (χ1v) is 7.40. The quantitative estimate of drug-likeness (QED) is 0.939. The van der Waals surface area contributed by atoms with E-state index in [-0.39, 0.29) is 11.7 Å². The van der Waals surface area contributed by atoms with Gasteiger partial charge in [-0.2, -0.15) is 0 Å². The minimum atomic E-state index is -0.284. The minimum absolute atomic E-state index is 0.223. The molecule has 0 saturated carbocycles. The van der Waals surface area contributed by atoms with Crippen LogP contribution in [-0.2, 0) is 0 Å². The van der Waals surface area contributed by atoms with Gasteiger partial charge in [-0.15, -0.1) is 0 Å². The zero-order chi connectivity index (χ0) is 15.5. The largest absolute Gasteiger partial charge is 0.369 e. The van der Waals surface area contributed by atoms with Gasteiger partial charge in [0, 0.05) is 43.6 Å². The molecule has 1 amide bonds. The highest BCUT2D eigenvalue weighted by molar-refractivity contribution is 6.02. The number of nitrogens with zero attached hydrogens (tertiary/aromatic N) is 3. The molecule has 0 bridgehead atoms. The Morgan fingerprint density at radius 2 is 1.86 bits per heavy atom. The van der Waals surface area contributed by atoms with Crippen LogP contribution in [-0.4, -0.2) is 49.2 Å². The van der Waals surface area contributed by atoms with Gasteiger partial charge < -0.3 is 19.6 Å². The van der Waals surface area contributed by atoms with Gasteiger partial charge in [-0.3, -0.25) is 4.79 Å². The second-order valence-corrected chi connectivity index (χ2v) is 5.62. The number of anilines is 2. The van der Waals surface area contributed by atoms with Crippen LogP contribution in [0.1, 0.15) is 16.2 Å². The van der Waals surface area contributed by atoms with Crippen molar-refractivity contribution in [3.05, 3.63) is 41.8 Å². The fourth-order valence-corrected chi connectivity index (χ4v) is 2.48. The lowest BCUT2D eigenvalue weighted by Gasteiger charge is -2.34. The number of nitrogens with one attached hydrogen (secondary N) is 1. The average molecular weight is 300 g/mol. The summed E-state index contributed by atoms with van der Waals surface area (Å²) in [5, 5.41) is 6.52. The number of hydrogen-bond acceptors (Lipinski definition) is 5. The Morgan fingerprint density at radius 3 is 2.45 bits per heavy atom. The zero-order valence-electron chi connectivity index (χ0n) is 12.9. The van der Waals surface area contributed by atoms with Crippen molar-refractivity contribution < 1.29 is 9.32 Å². The highest BCUT2D eigenvalue weighted by atomic mass is 16.5. The van der Waals surface area contributed by atoms with E-state index in [1.165, 1.54) is 5.69 Å². The molecule has 116 valence electrons. The van der Waals surface area contributed by atoms with Crippen LogP contribution in [0.3, 0.4) is 0 Å². The highest BCUT2D eigenvalue weighted by Crippen LogP contribution is 2.19. The molecule has 0 atom stereocenters. The van der Waals surface area contributed by atoms with Crippen LogP contribution in [0.4, 0.5) is 11.4 Å². The molecule has 1 saturated heterocycles. The van der Waals surface area contributed by atoms with Gasteiger partial charge in [0.25, 0.3) is 5.91 Å². The third-order valence-corrected chi connectivity index (χ3v) is 3.85. The Kier molecular flexibility index (Phi) is 4.11. The Bertz CT molecular complexity index is 642. The smallest absolute Gasteiger partial charge is 0.294 e. The molecule has 3 rings (SSSR count). The van der Waals surface area contributed by atoms with E-state index in [0.29, 0.717) is 5.69 Å². The summed E-state index contributed by atoms with van der Waals surface area (Å²) in [7, 11) is 2.14. The van der Waals surface area contributed by atoms with Gasteiger partial charge in [0.05, 0.1) is 5.69 Å². The number of hydrogen-bond donors (Lipinski definition) is 1. The Labute approximate surface area is 129 Å². The minimum Gasteiger partial charge on any atom is -0.369 e. The summed E-state index contributed by atoms with van der Waals surface area (Å²) in [4.78, 5) is 16.7. The number of amides is 1. The molecular formula is C16H20N4O2. The van der Waals surface area contributed by atoms with Gasteiger partial charge >= 0.3 is 0 Å². The van der Waals surface area contributed by atoms with E-state index in [1.807, 2.05) is 24.3 Å². The summed E-state index contributed by atoms with van der Waals surface area (Å²) in [5.41, 5.74) is 2.62. The van der Waals surface area contributed by atoms with E-state index < -0.39 is 0 Å². The summed E-state index contributed by atoms with van der Waals surface area (Å²) in [6.07, 6.45) is 0. The van der Waals surface area contributed by atoms with Gasteiger partial charge in [0.15, 0.2) is 0 Å². The topological polar surface area (TPSA) is 61.6 Å². The van der Waals surface area contributed by atoms with Crippen LogP contribution < -0.4 is 10.2 Å². The first-order chi connectivity index (χ1) is 10.6. The van der Waals surface area contributed by atoms with Crippen molar-refractivity contribution >= 4 is 17.3 Å². The van der Waals surface area contributed by atoms with Crippen molar-refractivity contribution in [2.75, 3.05) is 43.4 Å². The number of benzene rings is 1. The van der Waals surface area contributed by atoms with E-state index in [1.54, 1.807) is 13.0 Å². The van der Waals surface area contributed by atoms with Crippen molar-refractivity contribution in [1.29, 1.82) is 0 Å². The van der Waals surface area contributed by atoms with Crippen molar-refractivity contribution in [2.45, 2.75) is 6.92 Å². The number of aromatic nitrogens is 1. The molecule has 1 aliphatic rings. The van der Waals surface area contributed by atoms with E-state index in [4.69, 9.17) is 4.52 Å². The standard InChI is InChI=1S/C16H20N4O2/c1-12-11-15(22-18-12)16(21)17-13-3-5-14(6-4-13)20-9-7-19(2)8-10-20/h3-6,11H,7-10H2,1-2H3,(H,17,21). The van der Waals surface area contributed by atoms with Crippen LogP contribution in [0.15, 0.2) is 34.9 Å². The summed E-state index contributed by atoms with van der Waals surface area (Å²) in [6.45, 7) is 5.98. The van der Waals surface area contributed by atoms with Gasteiger partial charge in [-0.1, -0.05) is 5.16 Å². The van der Waals surface area contributed by atoms with Crippen LogP contribution >= 0.6 is 0 Å². The maximum absolute atomic E-state index is 12.0. The molecule has 0 unspecified atom stereocenters. The number of piperazine rings is 1. The van der Waals surface area contributed by atoms with Gasteiger partial charge in [-0.05, 0) is 38.2 Å². The van der Waals surface area contributed by atoms with Crippen LogP contribution in [0.25, 0.3) is 0 Å². The summed E-state index contributed by atoms with van der Waals surface area (Å²) >= 11 is 0. The maximum atomic E-state index is 12.0. The summed E-state index contributed by atoms with van der Waals surface area (Å²) in [6, 6.07) is 9.51. The first kappa shape index (κ1) is 14.6. The van der Waals surface area contributed by atoms with Crippen molar-refractivity contribution in [3.8, 4) is 0 Å². The molecule has 0 aliphatic carbocycles. The monoisotopic (exact) mass is 300 g/mol. The molecule has 22 heavy (non-hydrogen) atoms. The molecule has 2 heterocycles. The molecule has 6 nitrogen and oxygen atoms in total. The molecule has 1 aromatic carbocycles. The fraction of sp³-hybridized carbons (Fsp3) is 0.375. The number of likely N-dealkylation sites (N-methyl/N-ethyl adjacent to an activating group) is 1.